The van der Waals surface area contributed by atoms with Gasteiger partial charge in [0.25, 0.3) is 0 Å². The van der Waals surface area contributed by atoms with Crippen molar-refractivity contribution in [3.63, 3.8) is 0 Å². The lowest BCUT2D eigenvalue weighted by atomic mass is 10.0. The van der Waals surface area contributed by atoms with Gasteiger partial charge in [-0.2, -0.15) is 0 Å². The quantitative estimate of drug-likeness (QED) is 0.680. The third kappa shape index (κ3) is 4.60. The zero-order valence-corrected chi connectivity index (χ0v) is 15.0. The molecular weight excluding hydrogens is 322 g/mol. The SMILES string of the molecule is CCc1cc(NC(CC)c2ccc(OCC3CC3)cc2)nc(Cl)n1. The molecule has 128 valence electrons. The van der Waals surface area contributed by atoms with E-state index in [1.165, 1.54) is 18.4 Å². The van der Waals surface area contributed by atoms with Gasteiger partial charge in [0.1, 0.15) is 11.6 Å². The van der Waals surface area contributed by atoms with Crippen molar-refractivity contribution in [2.24, 2.45) is 5.92 Å². The highest BCUT2D eigenvalue weighted by Gasteiger charge is 2.21. The number of halogens is 1. The molecule has 1 fully saturated rings. The maximum Gasteiger partial charge on any atom is 0.224 e. The maximum absolute atomic E-state index is 6.01. The van der Waals surface area contributed by atoms with Crippen molar-refractivity contribution in [2.45, 2.75) is 45.6 Å². The zero-order chi connectivity index (χ0) is 16.9. The molecule has 1 atom stereocenters. The van der Waals surface area contributed by atoms with E-state index in [0.717, 1.165) is 42.6 Å². The standard InChI is InChI=1S/C19H24ClN3O/c1-3-15-11-18(23-19(20)21-15)22-17(4-2)14-7-9-16(10-8-14)24-12-13-5-6-13/h7-11,13,17H,3-6,12H2,1-2H3,(H,21,22,23). The Hall–Kier alpha value is -1.81. The summed E-state index contributed by atoms with van der Waals surface area (Å²) in [5, 5.41) is 3.75. The second kappa shape index (κ2) is 7.84. The van der Waals surface area contributed by atoms with Gasteiger partial charge >= 0.3 is 0 Å². The van der Waals surface area contributed by atoms with E-state index in [2.05, 4.69) is 41.3 Å². The minimum Gasteiger partial charge on any atom is -0.493 e. The summed E-state index contributed by atoms with van der Waals surface area (Å²) >= 11 is 6.01. The number of aryl methyl sites for hydroxylation is 1. The third-order valence-corrected chi connectivity index (χ3v) is 4.48. The number of hydrogen-bond acceptors (Lipinski definition) is 4. The Morgan fingerprint density at radius 2 is 1.96 bits per heavy atom. The maximum atomic E-state index is 6.01. The molecule has 0 saturated heterocycles. The lowest BCUT2D eigenvalue weighted by Gasteiger charge is -2.19. The lowest BCUT2D eigenvalue weighted by molar-refractivity contribution is 0.299. The molecule has 5 heteroatoms. The number of rotatable bonds is 8. The molecular formula is C19H24ClN3O. The molecule has 0 bridgehead atoms. The van der Waals surface area contributed by atoms with Crippen LogP contribution in [0, 0.1) is 5.92 Å². The van der Waals surface area contributed by atoms with Crippen molar-refractivity contribution in [1.82, 2.24) is 9.97 Å². The normalized spacial score (nSPS) is 15.1. The van der Waals surface area contributed by atoms with E-state index >= 15 is 0 Å². The zero-order valence-electron chi connectivity index (χ0n) is 14.3. The first-order chi connectivity index (χ1) is 11.7. The van der Waals surface area contributed by atoms with E-state index < -0.39 is 0 Å². The predicted molar refractivity (Wildman–Crippen MR) is 97.7 cm³/mol. The number of anilines is 1. The highest BCUT2D eigenvalue weighted by Crippen LogP contribution is 2.30. The number of hydrogen-bond donors (Lipinski definition) is 1. The lowest BCUT2D eigenvalue weighted by Crippen LogP contribution is -2.11. The Kier molecular flexibility index (Phi) is 5.56. The van der Waals surface area contributed by atoms with Crippen molar-refractivity contribution in [3.05, 3.63) is 46.9 Å². The van der Waals surface area contributed by atoms with E-state index in [9.17, 15) is 0 Å². The van der Waals surface area contributed by atoms with E-state index in [1.807, 2.05) is 18.2 Å². The molecule has 1 aromatic heterocycles. The Morgan fingerprint density at radius 3 is 2.58 bits per heavy atom. The molecule has 1 unspecified atom stereocenters. The van der Waals surface area contributed by atoms with Gasteiger partial charge < -0.3 is 10.1 Å². The summed E-state index contributed by atoms with van der Waals surface area (Å²) in [4.78, 5) is 8.49. The molecule has 1 N–H and O–H groups in total. The first-order valence-corrected chi connectivity index (χ1v) is 9.08. The van der Waals surface area contributed by atoms with E-state index in [0.29, 0.717) is 0 Å². The molecule has 24 heavy (non-hydrogen) atoms. The molecule has 0 spiro atoms. The molecule has 3 rings (SSSR count). The number of aromatic nitrogens is 2. The first kappa shape index (κ1) is 17.0. The van der Waals surface area contributed by atoms with Gasteiger partial charge in [0.2, 0.25) is 5.28 Å². The van der Waals surface area contributed by atoms with Gasteiger partial charge in [-0.15, -0.1) is 0 Å². The summed E-state index contributed by atoms with van der Waals surface area (Å²) < 4.78 is 5.80. The number of nitrogens with one attached hydrogen (secondary N) is 1. The largest absolute Gasteiger partial charge is 0.493 e. The fourth-order valence-electron chi connectivity index (χ4n) is 2.61. The highest BCUT2D eigenvalue weighted by atomic mass is 35.5. The summed E-state index contributed by atoms with van der Waals surface area (Å²) in [5.41, 5.74) is 2.15. The van der Waals surface area contributed by atoms with Gasteiger partial charge in [0.15, 0.2) is 0 Å². The van der Waals surface area contributed by atoms with E-state index in [1.54, 1.807) is 0 Å². The summed E-state index contributed by atoms with van der Waals surface area (Å²) in [6.45, 7) is 5.05. The molecule has 1 aromatic carbocycles. The molecule has 0 amide bonds. The van der Waals surface area contributed by atoms with Crippen LogP contribution in [0.2, 0.25) is 5.28 Å². The number of benzene rings is 1. The summed E-state index contributed by atoms with van der Waals surface area (Å²) in [6.07, 6.45) is 4.40. The molecule has 1 aliphatic carbocycles. The summed E-state index contributed by atoms with van der Waals surface area (Å²) in [7, 11) is 0. The fourth-order valence-corrected chi connectivity index (χ4v) is 2.81. The number of nitrogens with zero attached hydrogens (tertiary/aromatic N) is 2. The molecule has 2 aromatic rings. The second-order valence-electron chi connectivity index (χ2n) is 6.30. The van der Waals surface area contributed by atoms with E-state index in [-0.39, 0.29) is 11.3 Å². The topological polar surface area (TPSA) is 47.0 Å². The number of ether oxygens (including phenoxy) is 1. The Morgan fingerprint density at radius 1 is 1.21 bits per heavy atom. The van der Waals surface area contributed by atoms with Gasteiger partial charge in [-0.1, -0.05) is 26.0 Å². The van der Waals surface area contributed by atoms with Crippen LogP contribution in [0.3, 0.4) is 0 Å². The van der Waals surface area contributed by atoms with Gasteiger partial charge in [0, 0.05) is 11.8 Å². The average molecular weight is 346 g/mol. The molecule has 0 aliphatic heterocycles. The smallest absolute Gasteiger partial charge is 0.224 e. The van der Waals surface area contributed by atoms with Gasteiger partial charge in [-0.05, 0) is 60.9 Å². The van der Waals surface area contributed by atoms with Crippen LogP contribution >= 0.6 is 11.6 Å². The molecule has 0 radical (unpaired) electrons. The van der Waals surface area contributed by atoms with Crippen molar-refractivity contribution in [2.75, 3.05) is 11.9 Å². The van der Waals surface area contributed by atoms with Crippen LogP contribution in [-0.4, -0.2) is 16.6 Å². The van der Waals surface area contributed by atoms with Gasteiger partial charge in [-0.3, -0.25) is 0 Å². The second-order valence-corrected chi connectivity index (χ2v) is 6.63. The van der Waals surface area contributed by atoms with Crippen LogP contribution in [0.15, 0.2) is 30.3 Å². The fraction of sp³-hybridized carbons (Fsp3) is 0.474. The van der Waals surface area contributed by atoms with Crippen LogP contribution in [0.1, 0.15) is 50.4 Å². The van der Waals surface area contributed by atoms with Crippen molar-refractivity contribution in [1.29, 1.82) is 0 Å². The Bertz CT molecular complexity index is 671. The van der Waals surface area contributed by atoms with Crippen LogP contribution in [0.25, 0.3) is 0 Å². The molecule has 1 heterocycles. The van der Waals surface area contributed by atoms with Crippen LogP contribution in [0.5, 0.6) is 5.75 Å². The predicted octanol–water partition coefficient (Wildman–Crippen LogP) is 5.04. The highest BCUT2D eigenvalue weighted by molar-refractivity contribution is 6.28. The molecule has 4 nitrogen and oxygen atoms in total. The van der Waals surface area contributed by atoms with Crippen LogP contribution in [0.4, 0.5) is 5.82 Å². The average Bonchev–Trinajstić information content (AvgIpc) is 3.42. The van der Waals surface area contributed by atoms with E-state index in [4.69, 9.17) is 16.3 Å². The molecule has 1 saturated carbocycles. The van der Waals surface area contributed by atoms with Crippen molar-refractivity contribution < 1.29 is 4.74 Å². The summed E-state index contributed by atoms with van der Waals surface area (Å²) in [6, 6.07) is 10.5. The van der Waals surface area contributed by atoms with Crippen molar-refractivity contribution >= 4 is 17.4 Å². The van der Waals surface area contributed by atoms with Gasteiger partial charge in [0.05, 0.1) is 12.6 Å². The van der Waals surface area contributed by atoms with Crippen LogP contribution in [-0.2, 0) is 6.42 Å². The Balaban J connectivity index is 1.67. The van der Waals surface area contributed by atoms with Gasteiger partial charge in [-0.25, -0.2) is 9.97 Å². The summed E-state index contributed by atoms with van der Waals surface area (Å²) in [5.74, 6) is 2.48. The minimum atomic E-state index is 0.179. The first-order valence-electron chi connectivity index (χ1n) is 8.70. The van der Waals surface area contributed by atoms with Crippen molar-refractivity contribution in [3.8, 4) is 5.75 Å². The minimum absolute atomic E-state index is 0.179. The Labute approximate surface area is 148 Å². The third-order valence-electron chi connectivity index (χ3n) is 4.31. The molecule has 1 aliphatic rings. The monoisotopic (exact) mass is 345 g/mol. The van der Waals surface area contributed by atoms with Crippen LogP contribution < -0.4 is 10.1 Å².